The van der Waals surface area contributed by atoms with Crippen molar-refractivity contribution in [3.8, 4) is 11.5 Å². The number of hydrogen-bond donors (Lipinski definition) is 2. The molecule has 5 nitrogen and oxygen atoms in total. The minimum absolute atomic E-state index is 0.130. The van der Waals surface area contributed by atoms with Gasteiger partial charge in [0.25, 0.3) is 0 Å². The average Bonchev–Trinajstić information content (AvgIpc) is 2.61. The number of nitrogens with one attached hydrogen (secondary N) is 2. The highest BCUT2D eigenvalue weighted by Crippen LogP contribution is 2.17. The minimum Gasteiger partial charge on any atom is -0.497 e. The molecule has 122 valence electrons. The molecule has 0 aliphatic heterocycles. The third-order valence-corrected chi connectivity index (χ3v) is 3.43. The van der Waals surface area contributed by atoms with Gasteiger partial charge in [-0.05, 0) is 35.7 Å². The fourth-order valence-electron chi connectivity index (χ4n) is 2.10. The Kier molecular flexibility index (Phi) is 6.29. The number of hydrogen-bond acceptors (Lipinski definition) is 3. The number of para-hydroxylation sites is 1. The molecule has 0 aliphatic carbocycles. The minimum atomic E-state index is -0.269. The van der Waals surface area contributed by atoms with Gasteiger partial charge in [-0.15, -0.1) is 0 Å². The summed E-state index contributed by atoms with van der Waals surface area (Å²) in [7, 11) is 1.62. The summed E-state index contributed by atoms with van der Waals surface area (Å²) in [5.74, 6) is 1.59. The van der Waals surface area contributed by atoms with E-state index in [0.29, 0.717) is 6.54 Å². The zero-order chi connectivity index (χ0) is 16.5. The first-order chi connectivity index (χ1) is 11.2. The van der Waals surface area contributed by atoms with E-state index in [9.17, 15) is 4.79 Å². The van der Waals surface area contributed by atoms with Crippen LogP contribution in [0, 0.1) is 0 Å². The molecule has 0 bridgehead atoms. The summed E-state index contributed by atoms with van der Waals surface area (Å²) in [6.07, 6.45) is 0.889. The molecule has 0 fully saturated rings. The van der Waals surface area contributed by atoms with Crippen LogP contribution in [0.3, 0.4) is 0 Å². The average molecular weight is 314 g/mol. The van der Waals surface area contributed by atoms with Gasteiger partial charge in [-0.1, -0.05) is 37.3 Å². The molecule has 2 aromatic carbocycles. The van der Waals surface area contributed by atoms with Crippen molar-refractivity contribution in [2.45, 2.75) is 19.9 Å². The molecule has 0 spiro atoms. The molecule has 2 N–H and O–H groups in total. The number of amides is 2. The Morgan fingerprint density at radius 3 is 2.48 bits per heavy atom. The third kappa shape index (κ3) is 5.21. The van der Waals surface area contributed by atoms with E-state index in [1.165, 1.54) is 0 Å². The zero-order valence-electron chi connectivity index (χ0n) is 13.5. The van der Waals surface area contributed by atoms with Crippen molar-refractivity contribution in [3.05, 3.63) is 59.7 Å². The molecule has 0 aliphatic rings. The monoisotopic (exact) mass is 314 g/mol. The van der Waals surface area contributed by atoms with Crippen LogP contribution in [0.25, 0.3) is 0 Å². The number of methoxy groups -OCH3 is 1. The van der Waals surface area contributed by atoms with Gasteiger partial charge in [0.1, 0.15) is 11.5 Å². The van der Waals surface area contributed by atoms with Crippen LogP contribution in [-0.4, -0.2) is 19.9 Å². The fraction of sp³-hybridized carbons (Fsp3) is 0.278. The van der Waals surface area contributed by atoms with Crippen molar-refractivity contribution >= 4 is 6.03 Å². The van der Waals surface area contributed by atoms with Gasteiger partial charge in [-0.2, -0.15) is 0 Å². The lowest BCUT2D eigenvalue weighted by molar-refractivity contribution is 0.223. The van der Waals surface area contributed by atoms with Gasteiger partial charge >= 0.3 is 6.03 Å². The van der Waals surface area contributed by atoms with E-state index in [1.54, 1.807) is 7.11 Å². The summed E-state index contributed by atoms with van der Waals surface area (Å²) in [4.78, 5) is 11.8. The summed E-state index contributed by atoms with van der Waals surface area (Å²) < 4.78 is 10.7. The molecule has 23 heavy (non-hydrogen) atoms. The number of carbonyl (C=O) groups is 1. The van der Waals surface area contributed by atoms with Gasteiger partial charge in [0.15, 0.2) is 6.73 Å². The maximum Gasteiger partial charge on any atom is 0.317 e. The van der Waals surface area contributed by atoms with Crippen LogP contribution >= 0.6 is 0 Å². The van der Waals surface area contributed by atoms with E-state index in [1.807, 2.05) is 48.5 Å². The molecule has 5 heteroatoms. The Bertz CT molecular complexity index is 626. The Hall–Kier alpha value is -2.69. The molecule has 0 radical (unpaired) electrons. The highest BCUT2D eigenvalue weighted by molar-refractivity contribution is 5.73. The van der Waals surface area contributed by atoms with Crippen LogP contribution < -0.4 is 20.1 Å². The second-order valence-corrected chi connectivity index (χ2v) is 4.96. The largest absolute Gasteiger partial charge is 0.497 e. The third-order valence-electron chi connectivity index (χ3n) is 3.43. The van der Waals surface area contributed by atoms with Crippen LogP contribution in [-0.2, 0) is 13.0 Å². The Morgan fingerprint density at radius 2 is 1.78 bits per heavy atom. The highest BCUT2D eigenvalue weighted by Gasteiger charge is 2.03. The second kappa shape index (κ2) is 8.68. The Morgan fingerprint density at radius 1 is 1.04 bits per heavy atom. The standard InChI is InChI=1S/C18H22N2O3/c1-3-15-6-4-5-7-17(15)23-13-20-18(21)19-12-14-8-10-16(22-2)11-9-14/h4-11H,3,12-13H2,1-2H3,(H2,19,20,21). The molecular weight excluding hydrogens is 292 g/mol. The van der Waals surface area contributed by atoms with Crippen molar-refractivity contribution in [1.29, 1.82) is 0 Å². The van der Waals surface area contributed by atoms with E-state index >= 15 is 0 Å². The van der Waals surface area contributed by atoms with Crippen molar-refractivity contribution in [2.24, 2.45) is 0 Å². The quantitative estimate of drug-likeness (QED) is 0.772. The summed E-state index contributed by atoms with van der Waals surface area (Å²) >= 11 is 0. The number of ether oxygens (including phenoxy) is 2. The smallest absolute Gasteiger partial charge is 0.317 e. The van der Waals surface area contributed by atoms with E-state index in [4.69, 9.17) is 9.47 Å². The van der Waals surface area contributed by atoms with Crippen molar-refractivity contribution < 1.29 is 14.3 Å². The van der Waals surface area contributed by atoms with Gasteiger partial charge in [0.2, 0.25) is 0 Å². The summed E-state index contributed by atoms with van der Waals surface area (Å²) in [6, 6.07) is 15.1. The molecule has 0 atom stereocenters. The van der Waals surface area contributed by atoms with E-state index in [2.05, 4.69) is 17.6 Å². The number of rotatable bonds is 7. The van der Waals surface area contributed by atoms with Crippen LogP contribution in [0.1, 0.15) is 18.1 Å². The lowest BCUT2D eigenvalue weighted by atomic mass is 10.1. The van der Waals surface area contributed by atoms with Crippen LogP contribution in [0.4, 0.5) is 4.79 Å². The van der Waals surface area contributed by atoms with Gasteiger partial charge < -0.3 is 20.1 Å². The SMILES string of the molecule is CCc1ccccc1OCNC(=O)NCc1ccc(OC)cc1. The van der Waals surface area contributed by atoms with Gasteiger partial charge in [-0.3, -0.25) is 0 Å². The maximum absolute atomic E-state index is 11.8. The number of aryl methyl sites for hydroxylation is 1. The molecule has 0 saturated carbocycles. The van der Waals surface area contributed by atoms with Gasteiger partial charge in [0.05, 0.1) is 7.11 Å². The first kappa shape index (κ1) is 16.7. The van der Waals surface area contributed by atoms with Crippen molar-refractivity contribution in [2.75, 3.05) is 13.8 Å². The van der Waals surface area contributed by atoms with Crippen LogP contribution in [0.15, 0.2) is 48.5 Å². The summed E-state index contributed by atoms with van der Waals surface area (Å²) in [5, 5.41) is 5.46. The van der Waals surface area contributed by atoms with Gasteiger partial charge in [0, 0.05) is 6.54 Å². The molecule has 0 aromatic heterocycles. The summed E-state index contributed by atoms with van der Waals surface area (Å²) in [6.45, 7) is 2.64. The molecule has 2 amide bonds. The fourth-order valence-corrected chi connectivity index (χ4v) is 2.10. The maximum atomic E-state index is 11.8. The molecule has 0 heterocycles. The molecule has 0 saturated heterocycles. The molecule has 2 aromatic rings. The number of carbonyl (C=O) groups excluding carboxylic acids is 1. The van der Waals surface area contributed by atoms with E-state index in [0.717, 1.165) is 29.0 Å². The molecule has 0 unspecified atom stereocenters. The lowest BCUT2D eigenvalue weighted by Crippen LogP contribution is -2.37. The molecular formula is C18H22N2O3. The number of urea groups is 1. The van der Waals surface area contributed by atoms with Crippen LogP contribution in [0.2, 0.25) is 0 Å². The summed E-state index contributed by atoms with van der Waals surface area (Å²) in [5.41, 5.74) is 2.12. The van der Waals surface area contributed by atoms with Crippen LogP contribution in [0.5, 0.6) is 11.5 Å². The van der Waals surface area contributed by atoms with Gasteiger partial charge in [-0.25, -0.2) is 4.79 Å². The van der Waals surface area contributed by atoms with Crippen molar-refractivity contribution in [3.63, 3.8) is 0 Å². The predicted octanol–water partition coefficient (Wildman–Crippen LogP) is 3.09. The Labute approximate surface area is 136 Å². The lowest BCUT2D eigenvalue weighted by Gasteiger charge is -2.12. The second-order valence-electron chi connectivity index (χ2n) is 4.96. The zero-order valence-corrected chi connectivity index (χ0v) is 13.5. The van der Waals surface area contributed by atoms with E-state index in [-0.39, 0.29) is 12.8 Å². The first-order valence-electron chi connectivity index (χ1n) is 7.58. The van der Waals surface area contributed by atoms with E-state index < -0.39 is 0 Å². The first-order valence-corrected chi connectivity index (χ1v) is 7.58. The Balaban J connectivity index is 1.72. The predicted molar refractivity (Wildman–Crippen MR) is 89.7 cm³/mol. The topological polar surface area (TPSA) is 59.6 Å². The normalized spacial score (nSPS) is 10.0. The van der Waals surface area contributed by atoms with Crippen molar-refractivity contribution in [1.82, 2.24) is 10.6 Å². The number of benzene rings is 2. The molecule has 2 rings (SSSR count). The highest BCUT2D eigenvalue weighted by atomic mass is 16.5.